The van der Waals surface area contributed by atoms with Gasteiger partial charge >= 0.3 is 0 Å². The Morgan fingerprint density at radius 1 is 1.03 bits per heavy atom. The molecule has 4 nitrogen and oxygen atoms in total. The molecule has 6 heteroatoms. The maximum Gasteiger partial charge on any atom is 0.231 e. The molecule has 0 aliphatic rings. The molecule has 1 amide bonds. The van der Waals surface area contributed by atoms with Gasteiger partial charge in [0.2, 0.25) is 5.91 Å². The fourth-order valence-electron chi connectivity index (χ4n) is 3.71. The third-order valence-electron chi connectivity index (χ3n) is 5.52. The van der Waals surface area contributed by atoms with E-state index in [1.165, 1.54) is 16.9 Å². The fourth-order valence-corrected chi connectivity index (χ4v) is 4.62. The SMILES string of the molecule is CC[C@H](Cc1ccccc1)C(=O)N(C)c1nc(-c2ccccc2-c2ccc(Cl)nc2)cs1. The van der Waals surface area contributed by atoms with Crippen LogP contribution in [0.3, 0.4) is 0 Å². The number of hydrogen-bond acceptors (Lipinski definition) is 4. The van der Waals surface area contributed by atoms with Gasteiger partial charge in [0.1, 0.15) is 5.15 Å². The third-order valence-corrected chi connectivity index (χ3v) is 6.66. The van der Waals surface area contributed by atoms with Gasteiger partial charge in [-0.25, -0.2) is 9.97 Å². The lowest BCUT2D eigenvalue weighted by Crippen LogP contribution is -2.33. The van der Waals surface area contributed by atoms with E-state index in [0.717, 1.165) is 35.2 Å². The highest BCUT2D eigenvalue weighted by molar-refractivity contribution is 7.14. The summed E-state index contributed by atoms with van der Waals surface area (Å²) in [6.07, 6.45) is 3.27. The van der Waals surface area contributed by atoms with Crippen molar-refractivity contribution in [1.29, 1.82) is 0 Å². The molecule has 0 N–H and O–H groups in total. The molecule has 2 aromatic carbocycles. The third kappa shape index (κ3) is 4.90. The van der Waals surface area contributed by atoms with E-state index in [-0.39, 0.29) is 11.8 Å². The van der Waals surface area contributed by atoms with E-state index in [2.05, 4.69) is 24.0 Å². The molecule has 4 aromatic rings. The highest BCUT2D eigenvalue weighted by Gasteiger charge is 2.24. The molecule has 2 heterocycles. The van der Waals surface area contributed by atoms with Crippen LogP contribution in [0.2, 0.25) is 5.15 Å². The molecule has 1 atom stereocenters. The summed E-state index contributed by atoms with van der Waals surface area (Å²) in [4.78, 5) is 23.9. The van der Waals surface area contributed by atoms with Crippen molar-refractivity contribution in [2.75, 3.05) is 11.9 Å². The average Bonchev–Trinajstić information content (AvgIpc) is 3.33. The van der Waals surface area contributed by atoms with E-state index < -0.39 is 0 Å². The van der Waals surface area contributed by atoms with E-state index in [0.29, 0.717) is 10.3 Å². The summed E-state index contributed by atoms with van der Waals surface area (Å²) in [5, 5.41) is 3.16. The number of pyridine rings is 1. The number of rotatable bonds is 7. The molecule has 0 saturated carbocycles. The number of carbonyl (C=O) groups is 1. The van der Waals surface area contributed by atoms with Crippen LogP contribution >= 0.6 is 22.9 Å². The molecule has 0 aliphatic carbocycles. The van der Waals surface area contributed by atoms with Gasteiger partial charge in [0.05, 0.1) is 5.69 Å². The van der Waals surface area contributed by atoms with Gasteiger partial charge in [-0.15, -0.1) is 11.3 Å². The van der Waals surface area contributed by atoms with E-state index in [9.17, 15) is 4.79 Å². The predicted octanol–water partition coefficient (Wildman–Crippen LogP) is 6.76. The van der Waals surface area contributed by atoms with Gasteiger partial charge in [0, 0.05) is 35.7 Å². The van der Waals surface area contributed by atoms with Gasteiger partial charge < -0.3 is 0 Å². The van der Waals surface area contributed by atoms with Crippen LogP contribution in [0.15, 0.2) is 78.3 Å². The Balaban J connectivity index is 1.57. The monoisotopic (exact) mass is 461 g/mol. The zero-order valence-electron chi connectivity index (χ0n) is 18.0. The van der Waals surface area contributed by atoms with Crippen molar-refractivity contribution in [2.24, 2.45) is 5.92 Å². The number of anilines is 1. The second-order valence-electron chi connectivity index (χ2n) is 7.62. The maximum absolute atomic E-state index is 13.2. The van der Waals surface area contributed by atoms with Crippen LogP contribution in [0.25, 0.3) is 22.4 Å². The molecule has 0 radical (unpaired) electrons. The largest absolute Gasteiger partial charge is 0.291 e. The molecular weight excluding hydrogens is 438 g/mol. The maximum atomic E-state index is 13.2. The first kappa shape index (κ1) is 22.2. The molecule has 0 bridgehead atoms. The number of hydrogen-bond donors (Lipinski definition) is 0. The molecule has 2 aromatic heterocycles. The predicted molar refractivity (Wildman–Crippen MR) is 133 cm³/mol. The van der Waals surface area contributed by atoms with Gasteiger partial charge in [0.15, 0.2) is 5.13 Å². The van der Waals surface area contributed by atoms with E-state index in [1.807, 2.05) is 61.0 Å². The molecule has 0 saturated heterocycles. The second kappa shape index (κ2) is 10.1. The number of carbonyl (C=O) groups excluding carboxylic acids is 1. The Morgan fingerprint density at radius 2 is 1.75 bits per heavy atom. The molecule has 0 unspecified atom stereocenters. The molecule has 32 heavy (non-hydrogen) atoms. The summed E-state index contributed by atoms with van der Waals surface area (Å²) in [7, 11) is 1.81. The molecule has 162 valence electrons. The van der Waals surface area contributed by atoms with Crippen molar-refractivity contribution >= 4 is 34.0 Å². The minimum absolute atomic E-state index is 0.0813. The first-order valence-electron chi connectivity index (χ1n) is 10.5. The van der Waals surface area contributed by atoms with Crippen LogP contribution in [0, 0.1) is 5.92 Å². The van der Waals surface area contributed by atoms with Crippen molar-refractivity contribution < 1.29 is 4.79 Å². The Bertz CT molecular complexity index is 1190. The topological polar surface area (TPSA) is 46.1 Å². The molecule has 0 spiro atoms. The number of amides is 1. The van der Waals surface area contributed by atoms with Gasteiger partial charge in [0.25, 0.3) is 0 Å². The van der Waals surface area contributed by atoms with Crippen molar-refractivity contribution in [2.45, 2.75) is 19.8 Å². The summed E-state index contributed by atoms with van der Waals surface area (Å²) in [6, 6.07) is 21.9. The van der Waals surface area contributed by atoms with Crippen LogP contribution in [0.1, 0.15) is 18.9 Å². The quantitative estimate of drug-likeness (QED) is 0.286. The van der Waals surface area contributed by atoms with E-state index in [4.69, 9.17) is 16.6 Å². The van der Waals surface area contributed by atoms with Crippen LogP contribution in [-0.2, 0) is 11.2 Å². The molecule has 0 aliphatic heterocycles. The lowest BCUT2D eigenvalue weighted by Gasteiger charge is -2.21. The van der Waals surface area contributed by atoms with Crippen molar-refractivity contribution in [3.8, 4) is 22.4 Å². The highest BCUT2D eigenvalue weighted by atomic mass is 35.5. The van der Waals surface area contributed by atoms with E-state index in [1.54, 1.807) is 17.2 Å². The first-order chi connectivity index (χ1) is 15.6. The number of nitrogens with zero attached hydrogens (tertiary/aromatic N) is 3. The van der Waals surface area contributed by atoms with Crippen molar-refractivity contribution in [1.82, 2.24) is 9.97 Å². The smallest absolute Gasteiger partial charge is 0.231 e. The van der Waals surface area contributed by atoms with Crippen molar-refractivity contribution in [3.63, 3.8) is 0 Å². The van der Waals surface area contributed by atoms with Gasteiger partial charge in [-0.1, -0.05) is 73.1 Å². The van der Waals surface area contributed by atoms with Crippen LogP contribution < -0.4 is 4.90 Å². The zero-order valence-corrected chi connectivity index (χ0v) is 19.6. The summed E-state index contributed by atoms with van der Waals surface area (Å²) >= 11 is 7.43. The fraction of sp³-hybridized carbons (Fsp3) is 0.192. The number of halogens is 1. The lowest BCUT2D eigenvalue weighted by atomic mass is 9.96. The van der Waals surface area contributed by atoms with Crippen LogP contribution in [-0.4, -0.2) is 22.9 Å². The minimum atomic E-state index is -0.0813. The Hall–Kier alpha value is -3.02. The minimum Gasteiger partial charge on any atom is -0.291 e. The standard InChI is InChI=1S/C26H24ClN3OS/c1-3-19(15-18-9-5-4-6-10-18)25(31)30(2)26-29-23(17-32-26)22-12-8-7-11-21(22)20-13-14-24(27)28-16-20/h4-14,16-17,19H,3,15H2,1-2H3/t19-/m1/s1. The molecule has 0 fully saturated rings. The summed E-state index contributed by atoms with van der Waals surface area (Å²) in [5.41, 5.74) is 5.00. The first-order valence-corrected chi connectivity index (χ1v) is 11.8. The van der Waals surface area contributed by atoms with Gasteiger partial charge in [-0.05, 0) is 36.1 Å². The van der Waals surface area contributed by atoms with Crippen molar-refractivity contribution in [3.05, 3.63) is 89.0 Å². The normalized spacial score (nSPS) is 11.8. The van der Waals surface area contributed by atoms with Crippen LogP contribution in [0.5, 0.6) is 0 Å². The van der Waals surface area contributed by atoms with Gasteiger partial charge in [-0.3, -0.25) is 9.69 Å². The second-order valence-corrected chi connectivity index (χ2v) is 8.85. The highest BCUT2D eigenvalue weighted by Crippen LogP contribution is 2.35. The molecular formula is C26H24ClN3OS. The van der Waals surface area contributed by atoms with E-state index >= 15 is 0 Å². The summed E-state index contributed by atoms with van der Waals surface area (Å²) in [6.45, 7) is 2.06. The molecule has 4 rings (SSSR count). The van der Waals surface area contributed by atoms with Crippen LogP contribution in [0.4, 0.5) is 5.13 Å². The Labute approximate surface area is 197 Å². The zero-order chi connectivity index (χ0) is 22.5. The number of benzene rings is 2. The Kier molecular flexibility index (Phi) is 6.98. The summed E-state index contributed by atoms with van der Waals surface area (Å²) < 4.78 is 0. The Morgan fingerprint density at radius 3 is 2.44 bits per heavy atom. The number of thiazole rings is 1. The van der Waals surface area contributed by atoms with Gasteiger partial charge in [-0.2, -0.15) is 0 Å². The lowest BCUT2D eigenvalue weighted by molar-refractivity contribution is -0.122. The number of aromatic nitrogens is 2. The average molecular weight is 462 g/mol. The summed E-state index contributed by atoms with van der Waals surface area (Å²) in [5.74, 6) is 0.00890.